The van der Waals surface area contributed by atoms with Gasteiger partial charge in [0, 0.05) is 32.6 Å². The summed E-state index contributed by atoms with van der Waals surface area (Å²) in [7, 11) is 2.04. The first kappa shape index (κ1) is 12.3. The number of hydrogen-bond acceptors (Lipinski definition) is 2. The van der Waals surface area contributed by atoms with E-state index in [9.17, 15) is 0 Å². The van der Waals surface area contributed by atoms with E-state index in [0.29, 0.717) is 6.61 Å². The first-order valence-electron chi connectivity index (χ1n) is 5.75. The molecule has 0 amide bonds. The number of aliphatic hydroxyl groups is 1. The van der Waals surface area contributed by atoms with Gasteiger partial charge in [-0.25, -0.2) is 0 Å². The molecule has 1 aromatic heterocycles. The summed E-state index contributed by atoms with van der Waals surface area (Å²) in [5.74, 6) is 0. The molecule has 1 heterocycles. The predicted octanol–water partition coefficient (Wildman–Crippen LogP) is 1.67. The number of rotatable bonds is 8. The van der Waals surface area contributed by atoms with Crippen molar-refractivity contribution in [1.82, 2.24) is 9.88 Å². The zero-order valence-electron chi connectivity index (χ0n) is 9.58. The minimum atomic E-state index is 0.331. The number of aliphatic hydroxyl groups excluding tert-OH is 1. The second-order valence-electron chi connectivity index (χ2n) is 4.00. The number of aromatic nitrogens is 1. The third kappa shape index (κ3) is 5.60. The summed E-state index contributed by atoms with van der Waals surface area (Å²) in [5.41, 5.74) is 1.34. The van der Waals surface area contributed by atoms with Gasteiger partial charge in [-0.1, -0.05) is 12.8 Å². The van der Waals surface area contributed by atoms with Crippen LogP contribution in [0.3, 0.4) is 0 Å². The van der Waals surface area contributed by atoms with Gasteiger partial charge in [-0.15, -0.1) is 0 Å². The van der Waals surface area contributed by atoms with Gasteiger partial charge in [0.1, 0.15) is 0 Å². The van der Waals surface area contributed by atoms with Crippen molar-refractivity contribution in [3.63, 3.8) is 0 Å². The lowest BCUT2D eigenvalue weighted by molar-refractivity contribution is 0.282. The molecule has 0 saturated carbocycles. The van der Waals surface area contributed by atoms with Crippen LogP contribution in [-0.4, -0.2) is 22.8 Å². The molecular formula is C12H22N2O. The monoisotopic (exact) mass is 210 g/mol. The molecule has 0 aliphatic rings. The maximum Gasteiger partial charge on any atom is 0.0431 e. The summed E-state index contributed by atoms with van der Waals surface area (Å²) < 4.78 is 2.07. The van der Waals surface area contributed by atoms with E-state index in [1.807, 2.05) is 7.05 Å². The van der Waals surface area contributed by atoms with Gasteiger partial charge in [-0.2, -0.15) is 0 Å². The molecule has 0 radical (unpaired) electrons. The number of hydrogen-bond donors (Lipinski definition) is 2. The average Bonchev–Trinajstić information content (AvgIpc) is 2.63. The van der Waals surface area contributed by atoms with E-state index in [-0.39, 0.29) is 0 Å². The molecule has 0 bridgehead atoms. The minimum absolute atomic E-state index is 0.331. The zero-order chi connectivity index (χ0) is 10.9. The molecule has 1 aromatic rings. The minimum Gasteiger partial charge on any atom is -0.396 e. The molecule has 0 fully saturated rings. The van der Waals surface area contributed by atoms with Gasteiger partial charge in [-0.3, -0.25) is 0 Å². The van der Waals surface area contributed by atoms with Gasteiger partial charge < -0.3 is 15.0 Å². The first-order valence-corrected chi connectivity index (χ1v) is 5.75. The first-order chi connectivity index (χ1) is 7.33. The second-order valence-corrected chi connectivity index (χ2v) is 4.00. The fourth-order valence-corrected chi connectivity index (χ4v) is 1.61. The van der Waals surface area contributed by atoms with E-state index in [1.165, 1.54) is 18.4 Å². The van der Waals surface area contributed by atoms with Gasteiger partial charge in [0.25, 0.3) is 0 Å². The maximum atomic E-state index is 8.60. The van der Waals surface area contributed by atoms with Crippen LogP contribution in [0.5, 0.6) is 0 Å². The summed E-state index contributed by atoms with van der Waals surface area (Å²) in [6.45, 7) is 2.36. The number of nitrogens with one attached hydrogen (secondary N) is 1. The highest BCUT2D eigenvalue weighted by molar-refractivity contribution is 5.09. The molecule has 0 spiro atoms. The van der Waals surface area contributed by atoms with Crippen LogP contribution in [0.15, 0.2) is 18.5 Å². The van der Waals surface area contributed by atoms with Crippen molar-refractivity contribution < 1.29 is 5.11 Å². The normalized spacial score (nSPS) is 10.8. The molecular weight excluding hydrogens is 188 g/mol. The van der Waals surface area contributed by atoms with Crippen LogP contribution in [0.25, 0.3) is 0 Å². The van der Waals surface area contributed by atoms with Gasteiger partial charge in [0.15, 0.2) is 0 Å². The Morgan fingerprint density at radius 3 is 2.73 bits per heavy atom. The molecule has 0 aliphatic heterocycles. The maximum absolute atomic E-state index is 8.60. The van der Waals surface area contributed by atoms with Crippen molar-refractivity contribution in [3.05, 3.63) is 24.0 Å². The van der Waals surface area contributed by atoms with Crippen LogP contribution >= 0.6 is 0 Å². The Hall–Kier alpha value is -0.800. The fraction of sp³-hybridized carbons (Fsp3) is 0.667. The molecule has 3 nitrogen and oxygen atoms in total. The molecule has 0 atom stereocenters. The summed E-state index contributed by atoms with van der Waals surface area (Å²) in [6.07, 6.45) is 8.70. The van der Waals surface area contributed by atoms with Gasteiger partial charge in [0.05, 0.1) is 0 Å². The summed E-state index contributed by atoms with van der Waals surface area (Å²) in [5, 5.41) is 12.0. The zero-order valence-corrected chi connectivity index (χ0v) is 9.58. The van der Waals surface area contributed by atoms with Crippen molar-refractivity contribution in [2.24, 2.45) is 7.05 Å². The van der Waals surface area contributed by atoms with E-state index < -0.39 is 0 Å². The van der Waals surface area contributed by atoms with Gasteiger partial charge >= 0.3 is 0 Å². The van der Waals surface area contributed by atoms with Crippen molar-refractivity contribution >= 4 is 0 Å². The van der Waals surface area contributed by atoms with Gasteiger partial charge in [0.2, 0.25) is 0 Å². The second kappa shape index (κ2) is 7.49. The molecule has 0 saturated heterocycles. The molecule has 86 valence electrons. The lowest BCUT2D eigenvalue weighted by atomic mass is 10.2. The topological polar surface area (TPSA) is 37.2 Å². The Bertz CT molecular complexity index is 258. The van der Waals surface area contributed by atoms with Crippen LogP contribution in [-0.2, 0) is 13.6 Å². The Labute approximate surface area is 92.1 Å². The summed E-state index contributed by atoms with van der Waals surface area (Å²) in [4.78, 5) is 0. The Morgan fingerprint density at radius 1 is 1.27 bits per heavy atom. The van der Waals surface area contributed by atoms with E-state index in [1.54, 1.807) is 0 Å². The standard InChI is InChI=1S/C12H22N2O/c1-14-8-6-12(11-14)10-13-7-4-2-3-5-9-15/h6,8,11,13,15H,2-5,7,9-10H2,1H3. The van der Waals surface area contributed by atoms with Crippen LogP contribution in [0.2, 0.25) is 0 Å². The van der Waals surface area contributed by atoms with Crippen LogP contribution in [0, 0.1) is 0 Å². The Kier molecular flexibility index (Phi) is 6.12. The van der Waals surface area contributed by atoms with Crippen LogP contribution in [0.1, 0.15) is 31.2 Å². The molecule has 0 unspecified atom stereocenters. The number of aryl methyl sites for hydroxylation is 1. The third-order valence-electron chi connectivity index (χ3n) is 2.48. The van der Waals surface area contributed by atoms with Crippen molar-refractivity contribution in [2.75, 3.05) is 13.2 Å². The Balaban J connectivity index is 1.93. The molecule has 1 rings (SSSR count). The highest BCUT2D eigenvalue weighted by Gasteiger charge is 1.94. The SMILES string of the molecule is Cn1ccc(CNCCCCCCO)c1. The smallest absolute Gasteiger partial charge is 0.0431 e. The van der Waals surface area contributed by atoms with Gasteiger partial charge in [-0.05, 0) is 31.0 Å². The molecule has 2 N–H and O–H groups in total. The summed E-state index contributed by atoms with van der Waals surface area (Å²) >= 11 is 0. The average molecular weight is 210 g/mol. The number of nitrogens with zero attached hydrogens (tertiary/aromatic N) is 1. The van der Waals surface area contributed by atoms with E-state index in [4.69, 9.17) is 5.11 Å². The molecule has 0 aliphatic carbocycles. The van der Waals surface area contributed by atoms with E-state index in [0.717, 1.165) is 25.9 Å². The van der Waals surface area contributed by atoms with Crippen molar-refractivity contribution in [1.29, 1.82) is 0 Å². The highest BCUT2D eigenvalue weighted by Crippen LogP contribution is 2.00. The van der Waals surface area contributed by atoms with Crippen LogP contribution < -0.4 is 5.32 Å². The van der Waals surface area contributed by atoms with E-state index >= 15 is 0 Å². The van der Waals surface area contributed by atoms with E-state index in [2.05, 4.69) is 28.3 Å². The largest absolute Gasteiger partial charge is 0.396 e. The molecule has 3 heteroatoms. The van der Waals surface area contributed by atoms with Crippen molar-refractivity contribution in [2.45, 2.75) is 32.2 Å². The summed E-state index contributed by atoms with van der Waals surface area (Å²) in [6, 6.07) is 2.14. The lowest BCUT2D eigenvalue weighted by Gasteiger charge is -2.02. The third-order valence-corrected chi connectivity index (χ3v) is 2.48. The number of unbranched alkanes of at least 4 members (excludes halogenated alkanes) is 3. The lowest BCUT2D eigenvalue weighted by Crippen LogP contribution is -2.14. The van der Waals surface area contributed by atoms with Crippen LogP contribution in [0.4, 0.5) is 0 Å². The quantitative estimate of drug-likeness (QED) is 0.640. The van der Waals surface area contributed by atoms with Crippen molar-refractivity contribution in [3.8, 4) is 0 Å². The molecule has 15 heavy (non-hydrogen) atoms. The Morgan fingerprint density at radius 2 is 2.07 bits per heavy atom. The highest BCUT2D eigenvalue weighted by atomic mass is 16.2. The molecule has 0 aromatic carbocycles. The predicted molar refractivity (Wildman–Crippen MR) is 62.7 cm³/mol. The fourth-order valence-electron chi connectivity index (χ4n) is 1.61.